The van der Waals surface area contributed by atoms with Crippen LogP contribution in [0, 0.1) is 12.7 Å². The summed E-state index contributed by atoms with van der Waals surface area (Å²) in [6.45, 7) is 4.42. The van der Waals surface area contributed by atoms with Crippen molar-refractivity contribution in [1.82, 2.24) is 10.2 Å². The lowest BCUT2D eigenvalue weighted by Gasteiger charge is -2.27. The second kappa shape index (κ2) is 7.43. The molecule has 0 saturated carbocycles. The molecule has 0 bridgehead atoms. The summed E-state index contributed by atoms with van der Waals surface area (Å²) in [5.74, 6) is -0.494. The fourth-order valence-electron chi connectivity index (χ4n) is 2.84. The molecule has 1 aliphatic rings. The molecule has 1 fully saturated rings. The predicted octanol–water partition coefficient (Wildman–Crippen LogP) is 2.40. The monoisotopic (exact) mass is 377 g/mol. The Morgan fingerprint density at radius 3 is 2.38 bits per heavy atom. The van der Waals surface area contributed by atoms with Crippen LogP contribution in [-0.4, -0.2) is 45.5 Å². The number of hydrogen-bond acceptors (Lipinski definition) is 4. The third-order valence-electron chi connectivity index (χ3n) is 4.24. The van der Waals surface area contributed by atoms with Crippen LogP contribution >= 0.6 is 0 Å². The number of hydrogen-bond donors (Lipinski definition) is 2. The van der Waals surface area contributed by atoms with Crippen molar-refractivity contribution in [2.24, 2.45) is 0 Å². The predicted molar refractivity (Wildman–Crippen MR) is 96.5 cm³/mol. The highest BCUT2D eigenvalue weighted by Crippen LogP contribution is 2.26. The number of carbonyl (C=O) groups is 1. The van der Waals surface area contributed by atoms with E-state index in [4.69, 9.17) is 0 Å². The maximum Gasteiger partial charge on any atom is 0.321 e. The first-order chi connectivity index (χ1) is 12.4. The van der Waals surface area contributed by atoms with E-state index in [1.54, 1.807) is 24.0 Å². The molecule has 1 aliphatic heterocycles. The summed E-state index contributed by atoms with van der Waals surface area (Å²) in [4.78, 5) is 14.1. The first-order valence-electron chi connectivity index (χ1n) is 8.26. The van der Waals surface area contributed by atoms with Crippen LogP contribution in [0.4, 0.5) is 14.9 Å². The van der Waals surface area contributed by atoms with Crippen molar-refractivity contribution < 1.29 is 17.6 Å². The summed E-state index contributed by atoms with van der Waals surface area (Å²) < 4.78 is 38.5. The number of piperazine rings is 1. The number of aryl methyl sites for hydroxylation is 1. The van der Waals surface area contributed by atoms with E-state index in [-0.39, 0.29) is 15.8 Å². The van der Waals surface area contributed by atoms with Crippen molar-refractivity contribution in [3.63, 3.8) is 0 Å². The summed E-state index contributed by atoms with van der Waals surface area (Å²) >= 11 is 0. The maximum absolute atomic E-state index is 13.0. The summed E-state index contributed by atoms with van der Waals surface area (Å²) in [6.07, 6.45) is 0. The molecule has 2 amide bonds. The molecule has 1 saturated heterocycles. The van der Waals surface area contributed by atoms with Gasteiger partial charge in [0.1, 0.15) is 5.82 Å². The Morgan fingerprint density at radius 1 is 1.12 bits per heavy atom. The zero-order chi connectivity index (χ0) is 18.7. The molecular formula is C18H20FN3O3S. The molecule has 1 heterocycles. The van der Waals surface area contributed by atoms with Crippen LogP contribution in [0.3, 0.4) is 0 Å². The average molecular weight is 377 g/mol. The Kier molecular flexibility index (Phi) is 5.24. The van der Waals surface area contributed by atoms with Gasteiger partial charge in [-0.2, -0.15) is 0 Å². The average Bonchev–Trinajstić information content (AvgIpc) is 2.62. The smallest absolute Gasteiger partial charge is 0.321 e. The van der Waals surface area contributed by atoms with Crippen molar-refractivity contribution in [2.45, 2.75) is 16.7 Å². The number of carbonyl (C=O) groups excluding carboxylic acids is 1. The Balaban J connectivity index is 1.81. The van der Waals surface area contributed by atoms with E-state index < -0.39 is 15.7 Å². The van der Waals surface area contributed by atoms with Crippen LogP contribution in [-0.2, 0) is 9.84 Å². The molecule has 6 nitrogen and oxygen atoms in total. The van der Waals surface area contributed by atoms with Crippen LogP contribution in [0.15, 0.2) is 52.3 Å². The first kappa shape index (κ1) is 18.3. The van der Waals surface area contributed by atoms with Crippen molar-refractivity contribution in [1.29, 1.82) is 0 Å². The van der Waals surface area contributed by atoms with E-state index in [2.05, 4.69) is 10.6 Å². The molecule has 138 valence electrons. The van der Waals surface area contributed by atoms with Gasteiger partial charge in [-0.3, -0.25) is 0 Å². The zero-order valence-electron chi connectivity index (χ0n) is 14.3. The Morgan fingerprint density at radius 2 is 1.77 bits per heavy atom. The summed E-state index contributed by atoms with van der Waals surface area (Å²) in [5, 5.41) is 5.97. The number of benzene rings is 2. The molecule has 3 rings (SSSR count). The van der Waals surface area contributed by atoms with Crippen molar-refractivity contribution in [3.05, 3.63) is 53.8 Å². The molecule has 0 aromatic heterocycles. The first-order valence-corrected chi connectivity index (χ1v) is 9.74. The fourth-order valence-corrected chi connectivity index (χ4v) is 4.32. The molecule has 0 aliphatic carbocycles. The van der Waals surface area contributed by atoms with Gasteiger partial charge in [-0.05, 0) is 55.0 Å². The van der Waals surface area contributed by atoms with E-state index in [9.17, 15) is 17.6 Å². The molecular weight excluding hydrogens is 357 g/mol. The molecule has 0 spiro atoms. The Labute approximate surface area is 151 Å². The van der Waals surface area contributed by atoms with Gasteiger partial charge in [0.15, 0.2) is 0 Å². The Bertz CT molecular complexity index is 908. The highest BCUT2D eigenvalue weighted by atomic mass is 32.2. The van der Waals surface area contributed by atoms with Crippen molar-refractivity contribution in [3.8, 4) is 0 Å². The van der Waals surface area contributed by atoms with Crippen LogP contribution < -0.4 is 10.6 Å². The lowest BCUT2D eigenvalue weighted by molar-refractivity contribution is 0.204. The minimum atomic E-state index is -3.75. The molecule has 2 aromatic carbocycles. The summed E-state index contributed by atoms with van der Waals surface area (Å²) in [5.41, 5.74) is 1.04. The number of nitrogens with one attached hydrogen (secondary N) is 2. The molecule has 0 atom stereocenters. The third kappa shape index (κ3) is 3.86. The van der Waals surface area contributed by atoms with Gasteiger partial charge in [0.2, 0.25) is 9.84 Å². The largest absolute Gasteiger partial charge is 0.322 e. The van der Waals surface area contributed by atoms with Gasteiger partial charge in [0, 0.05) is 31.9 Å². The highest BCUT2D eigenvalue weighted by molar-refractivity contribution is 7.91. The number of halogens is 1. The van der Waals surface area contributed by atoms with Gasteiger partial charge < -0.3 is 15.5 Å². The van der Waals surface area contributed by atoms with E-state index in [1.165, 1.54) is 18.2 Å². The minimum absolute atomic E-state index is 0.0274. The van der Waals surface area contributed by atoms with Gasteiger partial charge in [0.25, 0.3) is 0 Å². The minimum Gasteiger partial charge on any atom is -0.322 e. The molecule has 26 heavy (non-hydrogen) atoms. The number of amides is 2. The summed E-state index contributed by atoms with van der Waals surface area (Å²) in [7, 11) is -3.75. The third-order valence-corrected chi connectivity index (χ3v) is 6.17. The Hall–Kier alpha value is -2.45. The molecule has 0 unspecified atom stereocenters. The topological polar surface area (TPSA) is 78.5 Å². The maximum atomic E-state index is 13.0. The highest BCUT2D eigenvalue weighted by Gasteiger charge is 2.21. The van der Waals surface area contributed by atoms with Crippen molar-refractivity contribution in [2.75, 3.05) is 31.5 Å². The van der Waals surface area contributed by atoms with E-state index >= 15 is 0 Å². The lowest BCUT2D eigenvalue weighted by Crippen LogP contribution is -2.48. The van der Waals surface area contributed by atoms with Gasteiger partial charge in [0.05, 0.1) is 9.79 Å². The fraction of sp³-hybridized carbons (Fsp3) is 0.278. The van der Waals surface area contributed by atoms with E-state index in [0.717, 1.165) is 25.2 Å². The lowest BCUT2D eigenvalue weighted by atomic mass is 10.2. The standard InChI is InChI=1S/C18H20FN3O3S/c1-13-12-15(21-18(23)22-10-8-20-9-11-22)4-7-17(13)26(24,25)16-5-2-14(19)3-6-16/h2-7,12,20H,8-11H2,1H3,(H,21,23). The number of nitrogens with zero attached hydrogens (tertiary/aromatic N) is 1. The van der Waals surface area contributed by atoms with E-state index in [1.807, 2.05) is 0 Å². The van der Waals surface area contributed by atoms with Crippen LogP contribution in [0.1, 0.15) is 5.56 Å². The van der Waals surface area contributed by atoms with Gasteiger partial charge in [-0.25, -0.2) is 17.6 Å². The number of sulfone groups is 1. The van der Waals surface area contributed by atoms with Crippen LogP contribution in [0.2, 0.25) is 0 Å². The van der Waals surface area contributed by atoms with E-state index in [0.29, 0.717) is 24.3 Å². The molecule has 8 heteroatoms. The van der Waals surface area contributed by atoms with Crippen LogP contribution in [0.5, 0.6) is 0 Å². The quantitative estimate of drug-likeness (QED) is 0.805. The van der Waals surface area contributed by atoms with Crippen molar-refractivity contribution >= 4 is 21.6 Å². The van der Waals surface area contributed by atoms with Crippen LogP contribution in [0.25, 0.3) is 0 Å². The van der Waals surface area contributed by atoms with Gasteiger partial charge in [-0.15, -0.1) is 0 Å². The molecule has 2 N–H and O–H groups in total. The van der Waals surface area contributed by atoms with Gasteiger partial charge in [-0.1, -0.05) is 0 Å². The number of urea groups is 1. The summed E-state index contributed by atoms with van der Waals surface area (Å²) in [6, 6.07) is 9.14. The number of anilines is 1. The molecule has 2 aromatic rings. The normalized spacial score (nSPS) is 14.9. The molecule has 0 radical (unpaired) electrons. The zero-order valence-corrected chi connectivity index (χ0v) is 15.1. The second-order valence-electron chi connectivity index (χ2n) is 6.10. The van der Waals surface area contributed by atoms with Gasteiger partial charge >= 0.3 is 6.03 Å². The second-order valence-corrected chi connectivity index (χ2v) is 8.02. The number of rotatable bonds is 3. The SMILES string of the molecule is Cc1cc(NC(=O)N2CCNCC2)ccc1S(=O)(=O)c1ccc(F)cc1.